The van der Waals surface area contributed by atoms with Gasteiger partial charge in [-0.05, 0) is 49.4 Å². The molecule has 1 aliphatic heterocycles. The number of aromatic nitrogens is 2. The molecule has 1 saturated heterocycles. The highest BCUT2D eigenvalue weighted by molar-refractivity contribution is 6.25. The molecule has 0 radical (unpaired) electrons. The van der Waals surface area contributed by atoms with Crippen molar-refractivity contribution in [2.45, 2.75) is 37.8 Å². The molecular weight excluding hydrogens is 408 g/mol. The van der Waals surface area contributed by atoms with Crippen molar-refractivity contribution in [1.82, 2.24) is 20.2 Å². The van der Waals surface area contributed by atoms with E-state index in [0.29, 0.717) is 22.8 Å². The molecule has 2 aromatic rings. The summed E-state index contributed by atoms with van der Waals surface area (Å²) in [5, 5.41) is 5.80. The van der Waals surface area contributed by atoms with E-state index in [2.05, 4.69) is 25.5 Å². The molecule has 1 saturated carbocycles. The Morgan fingerprint density at radius 2 is 1.91 bits per heavy atom. The van der Waals surface area contributed by atoms with Gasteiger partial charge in [0, 0.05) is 49.8 Å². The number of likely N-dealkylation sites (tertiary alicyclic amines) is 1. The average Bonchev–Trinajstić information content (AvgIpc) is 3.66. The Morgan fingerprint density at radius 3 is 2.53 bits per heavy atom. The lowest BCUT2D eigenvalue weighted by Crippen LogP contribution is -2.45. The van der Waals surface area contributed by atoms with E-state index in [1.54, 1.807) is 24.3 Å². The SMILES string of the molecule is COc1cc(C(=CN)C(=O)Nc2ccc(C(=O)NC3CCN(C4CC4)CC3)cn2)ccn1. The smallest absolute Gasteiger partial charge is 0.258 e. The fourth-order valence-corrected chi connectivity index (χ4v) is 3.89. The van der Waals surface area contributed by atoms with Crippen molar-refractivity contribution in [2.24, 2.45) is 5.73 Å². The highest BCUT2D eigenvalue weighted by Crippen LogP contribution is 2.29. The van der Waals surface area contributed by atoms with E-state index >= 15 is 0 Å². The molecule has 0 aromatic carbocycles. The number of carbonyl (C=O) groups is 2. The monoisotopic (exact) mass is 436 g/mol. The Labute approximate surface area is 187 Å². The zero-order valence-corrected chi connectivity index (χ0v) is 18.1. The molecule has 0 unspecified atom stereocenters. The maximum atomic E-state index is 12.7. The third-order valence-electron chi connectivity index (χ3n) is 5.86. The largest absolute Gasteiger partial charge is 0.481 e. The van der Waals surface area contributed by atoms with Gasteiger partial charge in [-0.15, -0.1) is 0 Å². The summed E-state index contributed by atoms with van der Waals surface area (Å²) in [5.41, 5.74) is 6.96. The van der Waals surface area contributed by atoms with Crippen molar-refractivity contribution < 1.29 is 14.3 Å². The second kappa shape index (κ2) is 9.78. The molecule has 0 spiro atoms. The fourth-order valence-electron chi connectivity index (χ4n) is 3.89. The van der Waals surface area contributed by atoms with Gasteiger partial charge in [0.2, 0.25) is 5.88 Å². The number of pyridine rings is 2. The van der Waals surface area contributed by atoms with Crippen molar-refractivity contribution in [2.75, 3.05) is 25.5 Å². The van der Waals surface area contributed by atoms with Crippen LogP contribution in [0.2, 0.25) is 0 Å². The first-order chi connectivity index (χ1) is 15.6. The van der Waals surface area contributed by atoms with Crippen molar-refractivity contribution in [1.29, 1.82) is 0 Å². The highest BCUT2D eigenvalue weighted by atomic mass is 16.5. The number of ether oxygens (including phenoxy) is 1. The normalized spacial score (nSPS) is 17.6. The van der Waals surface area contributed by atoms with Gasteiger partial charge in [-0.3, -0.25) is 9.59 Å². The number of anilines is 1. The molecule has 3 heterocycles. The van der Waals surface area contributed by atoms with Crippen LogP contribution in [0.4, 0.5) is 5.82 Å². The number of piperidine rings is 1. The summed E-state index contributed by atoms with van der Waals surface area (Å²) in [6, 6.07) is 7.49. The third kappa shape index (κ3) is 5.23. The fraction of sp³-hybridized carbons (Fsp3) is 0.391. The van der Waals surface area contributed by atoms with Crippen LogP contribution >= 0.6 is 0 Å². The van der Waals surface area contributed by atoms with E-state index in [1.165, 1.54) is 38.5 Å². The number of nitrogens with zero attached hydrogens (tertiary/aromatic N) is 3. The molecule has 32 heavy (non-hydrogen) atoms. The summed E-state index contributed by atoms with van der Waals surface area (Å²) >= 11 is 0. The molecule has 2 amide bonds. The summed E-state index contributed by atoms with van der Waals surface area (Å²) in [5.74, 6) is 0.130. The van der Waals surface area contributed by atoms with E-state index in [-0.39, 0.29) is 17.5 Å². The van der Waals surface area contributed by atoms with Gasteiger partial charge < -0.3 is 26.0 Å². The summed E-state index contributed by atoms with van der Waals surface area (Å²) in [6.07, 6.45) is 8.78. The standard InChI is InChI=1S/C23H28N6O3/c1-32-21-12-15(6-9-25-21)19(13-24)23(31)28-20-5-2-16(14-26-20)22(30)27-17-7-10-29(11-8-17)18-3-4-18/h2,5-6,9,12-14,17-18H,3-4,7-8,10-11,24H2,1H3,(H,27,30)(H,26,28,31). The van der Waals surface area contributed by atoms with E-state index < -0.39 is 5.91 Å². The van der Waals surface area contributed by atoms with Gasteiger partial charge in [-0.1, -0.05) is 0 Å². The van der Waals surface area contributed by atoms with Crippen LogP contribution in [-0.2, 0) is 4.79 Å². The molecule has 4 N–H and O–H groups in total. The molecule has 2 aliphatic rings. The van der Waals surface area contributed by atoms with Crippen LogP contribution in [0.25, 0.3) is 5.57 Å². The molecule has 0 bridgehead atoms. The first-order valence-electron chi connectivity index (χ1n) is 10.8. The average molecular weight is 437 g/mol. The molecule has 1 aliphatic carbocycles. The molecule has 4 rings (SSSR count). The van der Waals surface area contributed by atoms with Gasteiger partial charge in [-0.2, -0.15) is 0 Å². The van der Waals surface area contributed by atoms with Crippen molar-refractivity contribution in [3.05, 3.63) is 54.0 Å². The molecule has 9 nitrogen and oxygen atoms in total. The summed E-state index contributed by atoms with van der Waals surface area (Å²) < 4.78 is 5.09. The van der Waals surface area contributed by atoms with Crippen molar-refractivity contribution >= 4 is 23.2 Å². The maximum absolute atomic E-state index is 12.7. The van der Waals surface area contributed by atoms with Gasteiger partial charge in [-0.25, -0.2) is 9.97 Å². The Kier molecular flexibility index (Phi) is 6.65. The minimum absolute atomic E-state index is 0.147. The van der Waals surface area contributed by atoms with Crippen LogP contribution in [0, 0.1) is 0 Å². The van der Waals surface area contributed by atoms with Gasteiger partial charge >= 0.3 is 0 Å². The number of nitrogens with two attached hydrogens (primary N) is 1. The number of nitrogens with one attached hydrogen (secondary N) is 2. The molecule has 2 aromatic heterocycles. The Hall–Kier alpha value is -3.46. The number of amides is 2. The number of rotatable bonds is 7. The van der Waals surface area contributed by atoms with Gasteiger partial charge in [0.05, 0.1) is 18.2 Å². The molecule has 168 valence electrons. The second-order valence-corrected chi connectivity index (χ2v) is 8.07. The lowest BCUT2D eigenvalue weighted by Gasteiger charge is -2.32. The third-order valence-corrected chi connectivity index (χ3v) is 5.86. The number of hydrogen-bond acceptors (Lipinski definition) is 7. The van der Waals surface area contributed by atoms with Crippen molar-refractivity contribution in [3.8, 4) is 5.88 Å². The van der Waals surface area contributed by atoms with E-state index in [4.69, 9.17) is 10.5 Å². The van der Waals surface area contributed by atoms with Crippen LogP contribution in [0.3, 0.4) is 0 Å². The van der Waals surface area contributed by atoms with Crippen LogP contribution in [0.15, 0.2) is 42.9 Å². The number of hydrogen-bond donors (Lipinski definition) is 3. The van der Waals surface area contributed by atoms with Crippen molar-refractivity contribution in [3.63, 3.8) is 0 Å². The zero-order chi connectivity index (χ0) is 22.5. The van der Waals surface area contributed by atoms with Gasteiger partial charge in [0.25, 0.3) is 11.8 Å². The second-order valence-electron chi connectivity index (χ2n) is 8.07. The number of methoxy groups -OCH3 is 1. The van der Waals surface area contributed by atoms with E-state index in [1.807, 2.05) is 0 Å². The predicted molar refractivity (Wildman–Crippen MR) is 121 cm³/mol. The topological polar surface area (TPSA) is 122 Å². The zero-order valence-electron chi connectivity index (χ0n) is 18.1. The lowest BCUT2D eigenvalue weighted by molar-refractivity contribution is -0.111. The maximum Gasteiger partial charge on any atom is 0.258 e. The van der Waals surface area contributed by atoms with E-state index in [0.717, 1.165) is 32.0 Å². The Balaban J connectivity index is 1.32. The van der Waals surface area contributed by atoms with Crippen LogP contribution in [0.5, 0.6) is 5.88 Å². The lowest BCUT2D eigenvalue weighted by atomic mass is 10.0. The van der Waals surface area contributed by atoms with Gasteiger partial charge in [0.15, 0.2) is 0 Å². The summed E-state index contributed by atoms with van der Waals surface area (Å²) in [6.45, 7) is 2.08. The van der Waals surface area contributed by atoms with Crippen LogP contribution in [-0.4, -0.2) is 59.0 Å². The predicted octanol–water partition coefficient (Wildman–Crippen LogP) is 1.78. The molecule has 2 fully saturated rings. The number of carbonyl (C=O) groups excluding carboxylic acids is 2. The minimum atomic E-state index is -0.423. The quantitative estimate of drug-likeness (QED) is 0.566. The Morgan fingerprint density at radius 1 is 1.12 bits per heavy atom. The van der Waals surface area contributed by atoms with E-state index in [9.17, 15) is 9.59 Å². The van der Waals surface area contributed by atoms with Gasteiger partial charge in [0.1, 0.15) is 5.82 Å². The minimum Gasteiger partial charge on any atom is -0.481 e. The molecular formula is C23H28N6O3. The first kappa shape index (κ1) is 21.8. The molecule has 0 atom stereocenters. The molecule has 9 heteroatoms. The Bertz CT molecular complexity index is 995. The van der Waals surface area contributed by atoms with Crippen LogP contribution < -0.4 is 21.1 Å². The summed E-state index contributed by atoms with van der Waals surface area (Å²) in [7, 11) is 1.50. The van der Waals surface area contributed by atoms with Crippen LogP contribution in [0.1, 0.15) is 41.6 Å². The first-order valence-corrected chi connectivity index (χ1v) is 10.8. The summed E-state index contributed by atoms with van der Waals surface area (Å²) in [4.78, 5) is 36.0. The highest BCUT2D eigenvalue weighted by Gasteiger charge is 2.32.